The summed E-state index contributed by atoms with van der Waals surface area (Å²) >= 11 is 0. The molecule has 2 atom stereocenters. The molecule has 0 radical (unpaired) electrons. The van der Waals surface area contributed by atoms with E-state index >= 15 is 0 Å². The van der Waals surface area contributed by atoms with Gasteiger partial charge in [0, 0.05) is 12.0 Å². The van der Waals surface area contributed by atoms with Gasteiger partial charge in [0.15, 0.2) is 5.82 Å². The lowest BCUT2D eigenvalue weighted by Gasteiger charge is -2.36. The third-order valence-corrected chi connectivity index (χ3v) is 4.45. The monoisotopic (exact) mass is 337 g/mol. The Bertz CT molecular complexity index is 591. The van der Waals surface area contributed by atoms with Crippen molar-refractivity contribution < 1.29 is 19.2 Å². The van der Waals surface area contributed by atoms with Gasteiger partial charge in [0.05, 0.1) is 12.0 Å². The maximum Gasteiger partial charge on any atom is 0.407 e. The normalized spacial score (nSPS) is 27.8. The minimum absolute atomic E-state index is 0.107. The van der Waals surface area contributed by atoms with Gasteiger partial charge in [-0.2, -0.15) is 4.98 Å². The highest BCUT2D eigenvalue weighted by Crippen LogP contribution is 2.38. The van der Waals surface area contributed by atoms with Crippen LogP contribution in [0.1, 0.15) is 76.9 Å². The number of carbonyl (C=O) groups is 1. The molecule has 1 aromatic heterocycles. The second kappa shape index (κ2) is 6.35. The summed E-state index contributed by atoms with van der Waals surface area (Å²) in [6, 6.07) is -0.107. The van der Waals surface area contributed by atoms with Gasteiger partial charge in [-0.15, -0.1) is 0 Å². The van der Waals surface area contributed by atoms with Gasteiger partial charge in [0.1, 0.15) is 5.60 Å². The molecular weight excluding hydrogens is 310 g/mol. The first-order valence-corrected chi connectivity index (χ1v) is 8.77. The molecular formula is C17H27N3O4. The van der Waals surface area contributed by atoms with E-state index in [1.54, 1.807) is 0 Å². The van der Waals surface area contributed by atoms with Gasteiger partial charge in [0.25, 0.3) is 0 Å². The summed E-state index contributed by atoms with van der Waals surface area (Å²) in [5, 5.41) is 17.7. The fourth-order valence-electron chi connectivity index (χ4n) is 3.23. The highest BCUT2D eigenvalue weighted by Gasteiger charge is 2.38. The van der Waals surface area contributed by atoms with E-state index in [0.29, 0.717) is 31.1 Å². The van der Waals surface area contributed by atoms with Crippen LogP contribution in [0.4, 0.5) is 4.79 Å². The minimum atomic E-state index is -0.925. The highest BCUT2D eigenvalue weighted by atomic mass is 16.6. The zero-order chi connectivity index (χ0) is 17.4. The molecule has 0 saturated heterocycles. The molecule has 2 unspecified atom stereocenters. The van der Waals surface area contributed by atoms with Crippen LogP contribution in [0.5, 0.6) is 0 Å². The van der Waals surface area contributed by atoms with Crippen LogP contribution in [-0.2, 0) is 11.2 Å². The SMILES string of the molecule is CC(C)(C)OC(=O)NC1CCCC(O)(Cc2nc(C3CC3)no2)C1. The molecule has 2 aliphatic rings. The van der Waals surface area contributed by atoms with Gasteiger partial charge in [-0.05, 0) is 59.3 Å². The van der Waals surface area contributed by atoms with E-state index in [1.165, 1.54) is 0 Å². The molecule has 0 aliphatic heterocycles. The first kappa shape index (κ1) is 17.2. The summed E-state index contributed by atoms with van der Waals surface area (Å²) in [4.78, 5) is 16.3. The number of nitrogens with zero attached hydrogens (tertiary/aromatic N) is 2. The summed E-state index contributed by atoms with van der Waals surface area (Å²) in [5.74, 6) is 1.68. The number of aromatic nitrogens is 2. The summed E-state index contributed by atoms with van der Waals surface area (Å²) < 4.78 is 10.6. The van der Waals surface area contributed by atoms with Crippen molar-refractivity contribution in [3.05, 3.63) is 11.7 Å². The van der Waals surface area contributed by atoms with E-state index in [9.17, 15) is 9.90 Å². The summed E-state index contributed by atoms with van der Waals surface area (Å²) in [5.41, 5.74) is -1.46. The average Bonchev–Trinajstić information content (AvgIpc) is 3.17. The number of amides is 1. The Labute approximate surface area is 142 Å². The van der Waals surface area contributed by atoms with Crippen molar-refractivity contribution in [2.24, 2.45) is 0 Å². The molecule has 0 bridgehead atoms. The molecule has 134 valence electrons. The predicted molar refractivity (Wildman–Crippen MR) is 86.6 cm³/mol. The number of nitrogens with one attached hydrogen (secondary N) is 1. The van der Waals surface area contributed by atoms with Gasteiger partial charge >= 0.3 is 6.09 Å². The Morgan fingerprint density at radius 1 is 1.42 bits per heavy atom. The maximum atomic E-state index is 11.9. The van der Waals surface area contributed by atoms with Crippen molar-refractivity contribution in [3.8, 4) is 0 Å². The van der Waals surface area contributed by atoms with Crippen molar-refractivity contribution in [1.82, 2.24) is 15.5 Å². The number of rotatable bonds is 4. The molecule has 7 nitrogen and oxygen atoms in total. The zero-order valence-electron chi connectivity index (χ0n) is 14.7. The van der Waals surface area contributed by atoms with Gasteiger partial charge in [-0.25, -0.2) is 4.79 Å². The molecule has 2 fully saturated rings. The smallest absolute Gasteiger partial charge is 0.407 e. The van der Waals surface area contributed by atoms with E-state index in [-0.39, 0.29) is 6.04 Å². The highest BCUT2D eigenvalue weighted by molar-refractivity contribution is 5.68. The average molecular weight is 337 g/mol. The zero-order valence-corrected chi connectivity index (χ0v) is 14.7. The number of ether oxygens (including phenoxy) is 1. The summed E-state index contributed by atoms with van der Waals surface area (Å²) in [7, 11) is 0. The Hall–Kier alpha value is -1.63. The van der Waals surface area contributed by atoms with Gasteiger partial charge in [-0.1, -0.05) is 5.16 Å². The van der Waals surface area contributed by atoms with Crippen LogP contribution >= 0.6 is 0 Å². The Morgan fingerprint density at radius 2 is 2.17 bits per heavy atom. The number of alkyl carbamates (subject to hydrolysis) is 1. The van der Waals surface area contributed by atoms with Crippen LogP contribution in [0.2, 0.25) is 0 Å². The standard InChI is InChI=1S/C17H27N3O4/c1-16(2,3)23-15(21)18-12-5-4-8-17(22,9-12)10-13-19-14(20-24-13)11-6-7-11/h11-12,22H,4-10H2,1-3H3,(H,18,21). The van der Waals surface area contributed by atoms with E-state index < -0.39 is 17.3 Å². The molecule has 7 heteroatoms. The molecule has 0 spiro atoms. The van der Waals surface area contributed by atoms with E-state index in [2.05, 4.69) is 15.5 Å². The van der Waals surface area contributed by atoms with Crippen molar-refractivity contribution in [2.45, 2.75) is 88.9 Å². The largest absolute Gasteiger partial charge is 0.444 e. The molecule has 0 aromatic carbocycles. The quantitative estimate of drug-likeness (QED) is 0.876. The van der Waals surface area contributed by atoms with Gasteiger partial charge in [0.2, 0.25) is 5.89 Å². The Kier molecular flexibility index (Phi) is 4.55. The van der Waals surface area contributed by atoms with Crippen molar-refractivity contribution >= 4 is 6.09 Å². The number of hydrogen-bond acceptors (Lipinski definition) is 6. The van der Waals surface area contributed by atoms with Crippen molar-refractivity contribution in [2.75, 3.05) is 0 Å². The van der Waals surface area contributed by atoms with Crippen LogP contribution in [0.25, 0.3) is 0 Å². The Balaban J connectivity index is 1.55. The fourth-order valence-corrected chi connectivity index (χ4v) is 3.23. The van der Waals surface area contributed by atoms with Crippen LogP contribution in [0.3, 0.4) is 0 Å². The maximum absolute atomic E-state index is 11.9. The lowest BCUT2D eigenvalue weighted by atomic mass is 9.79. The molecule has 2 N–H and O–H groups in total. The van der Waals surface area contributed by atoms with Crippen LogP contribution in [0.15, 0.2) is 4.52 Å². The van der Waals surface area contributed by atoms with Crippen molar-refractivity contribution in [3.63, 3.8) is 0 Å². The number of aliphatic hydroxyl groups is 1. The minimum Gasteiger partial charge on any atom is -0.444 e. The third kappa shape index (κ3) is 4.69. The second-order valence-corrected chi connectivity index (χ2v) is 8.16. The molecule has 1 heterocycles. The van der Waals surface area contributed by atoms with Crippen LogP contribution in [0, 0.1) is 0 Å². The van der Waals surface area contributed by atoms with Gasteiger partial charge < -0.3 is 19.7 Å². The molecule has 1 amide bonds. The molecule has 2 aliphatic carbocycles. The first-order chi connectivity index (χ1) is 11.2. The second-order valence-electron chi connectivity index (χ2n) is 8.16. The third-order valence-electron chi connectivity index (χ3n) is 4.45. The van der Waals surface area contributed by atoms with E-state index in [0.717, 1.165) is 31.5 Å². The summed E-state index contributed by atoms with van der Waals surface area (Å²) in [6.45, 7) is 5.49. The van der Waals surface area contributed by atoms with Crippen LogP contribution < -0.4 is 5.32 Å². The summed E-state index contributed by atoms with van der Waals surface area (Å²) in [6.07, 6.45) is 4.92. The molecule has 24 heavy (non-hydrogen) atoms. The first-order valence-electron chi connectivity index (χ1n) is 8.77. The van der Waals surface area contributed by atoms with Crippen LogP contribution in [-0.4, -0.2) is 38.6 Å². The van der Waals surface area contributed by atoms with E-state index in [1.807, 2.05) is 20.8 Å². The fraction of sp³-hybridized carbons (Fsp3) is 0.824. The van der Waals surface area contributed by atoms with Gasteiger partial charge in [-0.3, -0.25) is 0 Å². The molecule has 1 aromatic rings. The molecule has 3 rings (SSSR count). The predicted octanol–water partition coefficient (Wildman–Crippen LogP) is 2.69. The number of hydrogen-bond donors (Lipinski definition) is 2. The topological polar surface area (TPSA) is 97.5 Å². The number of carbonyl (C=O) groups excluding carboxylic acids is 1. The molecule has 2 saturated carbocycles. The lowest BCUT2D eigenvalue weighted by molar-refractivity contribution is -0.0149. The lowest BCUT2D eigenvalue weighted by Crippen LogP contribution is -2.48. The Morgan fingerprint density at radius 3 is 2.83 bits per heavy atom. The van der Waals surface area contributed by atoms with Crippen molar-refractivity contribution in [1.29, 1.82) is 0 Å². The van der Waals surface area contributed by atoms with E-state index in [4.69, 9.17) is 9.26 Å².